The Morgan fingerprint density at radius 1 is 1.30 bits per heavy atom. The first kappa shape index (κ1) is 14.1. The number of ether oxygens (including phenoxy) is 1. The number of hydrogen-bond acceptors (Lipinski definition) is 4. The van der Waals surface area contributed by atoms with E-state index in [9.17, 15) is 4.79 Å². The molecule has 0 saturated carbocycles. The summed E-state index contributed by atoms with van der Waals surface area (Å²) in [6.45, 7) is 1.96. The number of nitrogens with one attached hydrogen (secondary N) is 2. The standard InChI is InChI=1S/C14H14ClN3O2/c1-9-7-10(15)3-5-12(9)18-13-6-4-11(8-16-13)17-14(19)20-2/h3-8H,1-2H3,(H,16,18)(H,17,19). The summed E-state index contributed by atoms with van der Waals surface area (Å²) in [7, 11) is 1.31. The van der Waals surface area contributed by atoms with E-state index >= 15 is 0 Å². The van der Waals surface area contributed by atoms with Crippen molar-refractivity contribution in [3.63, 3.8) is 0 Å². The van der Waals surface area contributed by atoms with Crippen LogP contribution in [0.1, 0.15) is 5.56 Å². The van der Waals surface area contributed by atoms with Gasteiger partial charge in [0.25, 0.3) is 0 Å². The van der Waals surface area contributed by atoms with Crippen molar-refractivity contribution in [2.45, 2.75) is 6.92 Å². The van der Waals surface area contributed by atoms with Crippen molar-refractivity contribution >= 4 is 34.9 Å². The Hall–Kier alpha value is -2.27. The molecule has 5 nitrogen and oxygen atoms in total. The van der Waals surface area contributed by atoms with Crippen molar-refractivity contribution < 1.29 is 9.53 Å². The molecule has 1 aromatic heterocycles. The number of carbonyl (C=O) groups is 1. The highest BCUT2D eigenvalue weighted by molar-refractivity contribution is 6.30. The zero-order valence-corrected chi connectivity index (χ0v) is 11.9. The quantitative estimate of drug-likeness (QED) is 0.898. The summed E-state index contributed by atoms with van der Waals surface area (Å²) >= 11 is 5.91. The summed E-state index contributed by atoms with van der Waals surface area (Å²) in [5.74, 6) is 0.672. The Labute approximate surface area is 121 Å². The maximum absolute atomic E-state index is 11.0. The average Bonchev–Trinajstić information content (AvgIpc) is 2.44. The van der Waals surface area contributed by atoms with Gasteiger partial charge in [-0.3, -0.25) is 5.32 Å². The number of carbonyl (C=O) groups excluding carboxylic acids is 1. The number of amides is 1. The van der Waals surface area contributed by atoms with Gasteiger partial charge in [0.1, 0.15) is 5.82 Å². The van der Waals surface area contributed by atoms with Gasteiger partial charge in [0.2, 0.25) is 0 Å². The van der Waals surface area contributed by atoms with E-state index in [0.717, 1.165) is 11.3 Å². The van der Waals surface area contributed by atoms with Gasteiger partial charge in [-0.15, -0.1) is 0 Å². The Kier molecular flexibility index (Phi) is 4.42. The number of anilines is 3. The van der Waals surface area contributed by atoms with Crippen molar-refractivity contribution in [1.82, 2.24) is 4.98 Å². The van der Waals surface area contributed by atoms with Gasteiger partial charge in [0.15, 0.2) is 0 Å². The van der Waals surface area contributed by atoms with Crippen LogP contribution >= 0.6 is 11.6 Å². The van der Waals surface area contributed by atoms with Crippen LogP contribution in [0.4, 0.5) is 22.0 Å². The van der Waals surface area contributed by atoms with E-state index in [-0.39, 0.29) is 0 Å². The number of methoxy groups -OCH3 is 1. The molecule has 0 bridgehead atoms. The predicted octanol–water partition coefficient (Wildman–Crippen LogP) is 3.97. The molecule has 0 atom stereocenters. The molecule has 0 spiro atoms. The van der Waals surface area contributed by atoms with Crippen LogP contribution in [0.2, 0.25) is 5.02 Å². The highest BCUT2D eigenvalue weighted by atomic mass is 35.5. The van der Waals surface area contributed by atoms with E-state index in [0.29, 0.717) is 16.5 Å². The van der Waals surface area contributed by atoms with E-state index < -0.39 is 6.09 Å². The Balaban J connectivity index is 2.08. The fraction of sp³-hybridized carbons (Fsp3) is 0.143. The highest BCUT2D eigenvalue weighted by Gasteiger charge is 2.03. The maximum atomic E-state index is 11.0. The normalized spacial score (nSPS) is 9.95. The molecule has 0 aliphatic heterocycles. The molecule has 0 radical (unpaired) electrons. The fourth-order valence-electron chi connectivity index (χ4n) is 1.62. The molecule has 1 aromatic carbocycles. The van der Waals surface area contributed by atoms with E-state index in [1.54, 1.807) is 18.3 Å². The molecule has 2 N–H and O–H groups in total. The maximum Gasteiger partial charge on any atom is 0.411 e. The minimum absolute atomic E-state index is 0.527. The van der Waals surface area contributed by atoms with Crippen LogP contribution in [0.3, 0.4) is 0 Å². The van der Waals surface area contributed by atoms with E-state index in [1.165, 1.54) is 7.11 Å². The molecule has 0 aliphatic carbocycles. The largest absolute Gasteiger partial charge is 0.453 e. The number of benzene rings is 1. The molecule has 1 heterocycles. The SMILES string of the molecule is COC(=O)Nc1ccc(Nc2ccc(Cl)cc2C)nc1. The summed E-state index contributed by atoms with van der Waals surface area (Å²) in [6.07, 6.45) is 1.02. The number of aryl methyl sites for hydroxylation is 1. The second-order valence-electron chi connectivity index (χ2n) is 4.13. The van der Waals surface area contributed by atoms with Crippen molar-refractivity contribution in [2.75, 3.05) is 17.7 Å². The molecule has 2 rings (SSSR count). The van der Waals surface area contributed by atoms with Gasteiger partial charge in [-0.1, -0.05) is 11.6 Å². The average molecular weight is 292 g/mol. The van der Waals surface area contributed by atoms with Gasteiger partial charge in [0.05, 0.1) is 19.0 Å². The molecule has 0 fully saturated rings. The molecule has 1 amide bonds. The number of nitrogens with zero attached hydrogens (tertiary/aromatic N) is 1. The van der Waals surface area contributed by atoms with E-state index in [2.05, 4.69) is 20.4 Å². The zero-order valence-electron chi connectivity index (χ0n) is 11.1. The Morgan fingerprint density at radius 2 is 2.10 bits per heavy atom. The minimum atomic E-state index is -0.527. The molecule has 0 unspecified atom stereocenters. The third-order valence-corrected chi connectivity index (χ3v) is 2.88. The number of pyridine rings is 1. The number of hydrogen-bond donors (Lipinski definition) is 2. The first-order valence-corrected chi connectivity index (χ1v) is 6.30. The summed E-state index contributed by atoms with van der Waals surface area (Å²) in [5, 5.41) is 6.41. The third kappa shape index (κ3) is 3.61. The van der Waals surface area contributed by atoms with Gasteiger partial charge in [-0.2, -0.15) is 0 Å². The molecule has 2 aromatic rings. The predicted molar refractivity (Wildman–Crippen MR) is 79.7 cm³/mol. The van der Waals surface area contributed by atoms with Gasteiger partial charge in [-0.25, -0.2) is 9.78 Å². The molecule has 6 heteroatoms. The van der Waals surface area contributed by atoms with Crippen molar-refractivity contribution in [3.8, 4) is 0 Å². The number of halogens is 1. The second kappa shape index (κ2) is 6.25. The third-order valence-electron chi connectivity index (χ3n) is 2.65. The van der Waals surface area contributed by atoms with Crippen LogP contribution in [-0.2, 0) is 4.74 Å². The summed E-state index contributed by atoms with van der Waals surface area (Å²) in [5.41, 5.74) is 2.52. The van der Waals surface area contributed by atoms with Crippen molar-refractivity contribution in [2.24, 2.45) is 0 Å². The first-order valence-electron chi connectivity index (χ1n) is 5.92. The molecule has 0 aliphatic rings. The lowest BCUT2D eigenvalue weighted by Gasteiger charge is -2.10. The van der Waals surface area contributed by atoms with Gasteiger partial charge in [0, 0.05) is 10.7 Å². The molecule has 104 valence electrons. The van der Waals surface area contributed by atoms with Crippen molar-refractivity contribution in [1.29, 1.82) is 0 Å². The first-order chi connectivity index (χ1) is 9.58. The monoisotopic (exact) mass is 291 g/mol. The smallest absolute Gasteiger partial charge is 0.411 e. The Bertz CT molecular complexity index is 614. The zero-order chi connectivity index (χ0) is 14.5. The highest BCUT2D eigenvalue weighted by Crippen LogP contribution is 2.23. The van der Waals surface area contributed by atoms with Gasteiger partial charge in [-0.05, 0) is 42.8 Å². The van der Waals surface area contributed by atoms with E-state index in [1.807, 2.05) is 25.1 Å². The van der Waals surface area contributed by atoms with Crippen LogP contribution in [0.25, 0.3) is 0 Å². The second-order valence-corrected chi connectivity index (χ2v) is 4.57. The number of aromatic nitrogens is 1. The lowest BCUT2D eigenvalue weighted by Crippen LogP contribution is -2.11. The van der Waals surface area contributed by atoms with Crippen molar-refractivity contribution in [3.05, 3.63) is 47.1 Å². The summed E-state index contributed by atoms with van der Waals surface area (Å²) < 4.78 is 4.50. The van der Waals surface area contributed by atoms with Crippen LogP contribution in [0.5, 0.6) is 0 Å². The summed E-state index contributed by atoms with van der Waals surface area (Å²) in [4.78, 5) is 15.3. The van der Waals surface area contributed by atoms with Crippen LogP contribution < -0.4 is 10.6 Å². The lowest BCUT2D eigenvalue weighted by atomic mass is 10.2. The van der Waals surface area contributed by atoms with Crippen LogP contribution in [-0.4, -0.2) is 18.2 Å². The number of rotatable bonds is 3. The molecule has 20 heavy (non-hydrogen) atoms. The van der Waals surface area contributed by atoms with Crippen LogP contribution in [0, 0.1) is 6.92 Å². The lowest BCUT2D eigenvalue weighted by molar-refractivity contribution is 0.187. The van der Waals surface area contributed by atoms with Crippen LogP contribution in [0.15, 0.2) is 36.5 Å². The van der Waals surface area contributed by atoms with Gasteiger partial charge < -0.3 is 10.1 Å². The molecule has 0 saturated heterocycles. The fourth-order valence-corrected chi connectivity index (χ4v) is 1.84. The summed E-state index contributed by atoms with van der Waals surface area (Å²) in [6, 6.07) is 9.07. The topological polar surface area (TPSA) is 63.2 Å². The van der Waals surface area contributed by atoms with E-state index in [4.69, 9.17) is 11.6 Å². The molecular weight excluding hydrogens is 278 g/mol. The Morgan fingerprint density at radius 3 is 2.70 bits per heavy atom. The minimum Gasteiger partial charge on any atom is -0.453 e. The van der Waals surface area contributed by atoms with Gasteiger partial charge >= 0.3 is 6.09 Å². The molecular formula is C14H14ClN3O2.